The summed E-state index contributed by atoms with van der Waals surface area (Å²) in [5, 5.41) is 2.77. The van der Waals surface area contributed by atoms with Gasteiger partial charge in [-0.2, -0.15) is 0 Å². The number of rotatable bonds is 5. The zero-order valence-corrected chi connectivity index (χ0v) is 17.3. The smallest absolute Gasteiger partial charge is 0.270 e. The number of carbonyl (C=O) groups excluding carboxylic acids is 2. The Balaban J connectivity index is 1.61. The van der Waals surface area contributed by atoms with Crippen LogP contribution in [0.25, 0.3) is 17.4 Å². The van der Waals surface area contributed by atoms with E-state index in [0.717, 1.165) is 11.1 Å². The highest BCUT2D eigenvalue weighted by Crippen LogP contribution is 2.24. The van der Waals surface area contributed by atoms with Crippen molar-refractivity contribution in [2.24, 2.45) is 0 Å². The molecule has 1 aliphatic heterocycles. The van der Waals surface area contributed by atoms with Crippen LogP contribution in [-0.4, -0.2) is 43.0 Å². The molecular weight excluding hydrogens is 392 g/mol. The quantitative estimate of drug-likeness (QED) is 0.641. The Morgan fingerprint density at radius 1 is 0.935 bits per heavy atom. The first-order valence-corrected chi connectivity index (χ1v) is 10.2. The molecule has 1 aromatic heterocycles. The lowest BCUT2D eigenvalue weighted by Crippen LogP contribution is -2.44. The standard InChI is InChI=1S/C25H24N2O4/c1-18-7-9-19(10-8-18)23-12-11-21(31-23)17-22(25(29)27-13-15-30-16-14-27)26-24(28)20-5-3-2-4-6-20/h2-12,17H,13-16H2,1H3,(H,26,28)/b22-17-. The van der Waals surface area contributed by atoms with Crippen molar-refractivity contribution in [1.82, 2.24) is 10.2 Å². The minimum absolute atomic E-state index is 0.167. The van der Waals surface area contributed by atoms with Crippen LogP contribution in [0.1, 0.15) is 21.7 Å². The molecule has 31 heavy (non-hydrogen) atoms. The van der Waals surface area contributed by atoms with Crippen molar-refractivity contribution in [3.8, 4) is 11.3 Å². The van der Waals surface area contributed by atoms with Gasteiger partial charge in [0.2, 0.25) is 0 Å². The van der Waals surface area contributed by atoms with Crippen molar-refractivity contribution in [1.29, 1.82) is 0 Å². The molecule has 0 bridgehead atoms. The van der Waals surface area contributed by atoms with E-state index < -0.39 is 0 Å². The summed E-state index contributed by atoms with van der Waals surface area (Å²) < 4.78 is 11.3. The highest BCUT2D eigenvalue weighted by molar-refractivity contribution is 6.05. The van der Waals surface area contributed by atoms with E-state index in [0.29, 0.717) is 43.4 Å². The van der Waals surface area contributed by atoms with Gasteiger partial charge in [0.1, 0.15) is 17.2 Å². The molecule has 0 radical (unpaired) electrons. The lowest BCUT2D eigenvalue weighted by Gasteiger charge is -2.27. The molecule has 2 aromatic carbocycles. The van der Waals surface area contributed by atoms with E-state index in [1.54, 1.807) is 41.3 Å². The second-order valence-corrected chi connectivity index (χ2v) is 7.35. The third-order valence-electron chi connectivity index (χ3n) is 5.06. The molecule has 0 unspecified atom stereocenters. The number of benzene rings is 2. The normalized spacial score (nSPS) is 14.4. The number of hydrogen-bond donors (Lipinski definition) is 1. The Labute approximate surface area is 181 Å². The molecule has 1 N–H and O–H groups in total. The van der Waals surface area contributed by atoms with Gasteiger partial charge in [0, 0.05) is 30.3 Å². The Morgan fingerprint density at radius 2 is 1.65 bits per heavy atom. The van der Waals surface area contributed by atoms with Gasteiger partial charge < -0.3 is 19.4 Å². The van der Waals surface area contributed by atoms with Gasteiger partial charge in [0.05, 0.1) is 13.2 Å². The Kier molecular flexibility index (Phi) is 6.29. The van der Waals surface area contributed by atoms with Gasteiger partial charge >= 0.3 is 0 Å². The number of ether oxygens (including phenoxy) is 1. The number of furan rings is 1. The lowest BCUT2D eigenvalue weighted by atomic mass is 10.1. The van der Waals surface area contributed by atoms with Crippen LogP contribution in [0.15, 0.2) is 76.8 Å². The molecule has 158 valence electrons. The van der Waals surface area contributed by atoms with Gasteiger partial charge in [-0.1, -0.05) is 48.0 Å². The van der Waals surface area contributed by atoms with Crippen molar-refractivity contribution in [3.63, 3.8) is 0 Å². The summed E-state index contributed by atoms with van der Waals surface area (Å²) in [7, 11) is 0. The molecule has 0 saturated carbocycles. The molecule has 4 rings (SSSR count). The molecule has 1 saturated heterocycles. The van der Waals surface area contributed by atoms with Crippen molar-refractivity contribution in [2.45, 2.75) is 6.92 Å². The highest BCUT2D eigenvalue weighted by Gasteiger charge is 2.23. The third kappa shape index (κ3) is 5.10. The molecule has 2 amide bonds. The van der Waals surface area contributed by atoms with Crippen molar-refractivity contribution >= 4 is 17.9 Å². The molecular formula is C25H24N2O4. The molecule has 1 fully saturated rings. The summed E-state index contributed by atoms with van der Waals surface area (Å²) in [4.78, 5) is 27.5. The molecule has 1 aliphatic rings. The number of aryl methyl sites for hydroxylation is 1. The van der Waals surface area contributed by atoms with Crippen LogP contribution in [-0.2, 0) is 9.53 Å². The van der Waals surface area contributed by atoms with E-state index in [4.69, 9.17) is 9.15 Å². The predicted octanol–water partition coefficient (Wildman–Crippen LogP) is 3.88. The van der Waals surface area contributed by atoms with Crippen LogP contribution in [0, 0.1) is 6.92 Å². The monoisotopic (exact) mass is 416 g/mol. The first-order chi connectivity index (χ1) is 15.1. The molecule has 2 heterocycles. The number of amides is 2. The van der Waals surface area contributed by atoms with E-state index >= 15 is 0 Å². The lowest BCUT2D eigenvalue weighted by molar-refractivity contribution is -0.131. The number of morpholine rings is 1. The van der Waals surface area contributed by atoms with Crippen LogP contribution in [0.3, 0.4) is 0 Å². The zero-order valence-electron chi connectivity index (χ0n) is 17.3. The highest BCUT2D eigenvalue weighted by atomic mass is 16.5. The van der Waals surface area contributed by atoms with Gasteiger partial charge in [-0.05, 0) is 31.2 Å². The van der Waals surface area contributed by atoms with Crippen molar-refractivity contribution < 1.29 is 18.7 Å². The Bertz CT molecular complexity index is 1080. The Hall–Kier alpha value is -3.64. The molecule has 0 atom stereocenters. The second kappa shape index (κ2) is 9.45. The fraction of sp³-hybridized carbons (Fsp3) is 0.200. The average Bonchev–Trinajstić information content (AvgIpc) is 3.28. The first-order valence-electron chi connectivity index (χ1n) is 10.2. The molecule has 6 heteroatoms. The van der Waals surface area contributed by atoms with Crippen LogP contribution in [0.5, 0.6) is 0 Å². The Morgan fingerprint density at radius 3 is 2.35 bits per heavy atom. The molecule has 6 nitrogen and oxygen atoms in total. The maximum absolute atomic E-state index is 13.1. The molecule has 0 aliphatic carbocycles. The topological polar surface area (TPSA) is 71.8 Å². The number of nitrogens with zero attached hydrogens (tertiary/aromatic N) is 1. The SMILES string of the molecule is Cc1ccc(-c2ccc(/C=C(\NC(=O)c3ccccc3)C(=O)N3CCOCC3)o2)cc1. The fourth-order valence-electron chi connectivity index (χ4n) is 3.32. The minimum atomic E-state index is -0.348. The van der Waals surface area contributed by atoms with Gasteiger partial charge in [-0.15, -0.1) is 0 Å². The fourth-order valence-corrected chi connectivity index (χ4v) is 3.32. The molecule has 0 spiro atoms. The number of carbonyl (C=O) groups is 2. The van der Waals surface area contributed by atoms with Gasteiger partial charge in [0.15, 0.2) is 0 Å². The third-order valence-corrected chi connectivity index (χ3v) is 5.06. The van der Waals surface area contributed by atoms with E-state index in [9.17, 15) is 9.59 Å². The van der Waals surface area contributed by atoms with E-state index in [2.05, 4.69) is 5.32 Å². The predicted molar refractivity (Wildman–Crippen MR) is 118 cm³/mol. The maximum Gasteiger partial charge on any atom is 0.270 e. The minimum Gasteiger partial charge on any atom is -0.457 e. The molecule has 3 aromatic rings. The zero-order chi connectivity index (χ0) is 21.6. The second-order valence-electron chi connectivity index (χ2n) is 7.35. The summed E-state index contributed by atoms with van der Waals surface area (Å²) in [6, 6.07) is 20.4. The summed E-state index contributed by atoms with van der Waals surface area (Å²) in [5.41, 5.74) is 2.75. The van der Waals surface area contributed by atoms with Crippen LogP contribution in [0.4, 0.5) is 0 Å². The number of nitrogens with one attached hydrogen (secondary N) is 1. The summed E-state index contributed by atoms with van der Waals surface area (Å²) in [6.45, 7) is 3.93. The van der Waals surface area contributed by atoms with Gasteiger partial charge in [-0.25, -0.2) is 0 Å². The van der Waals surface area contributed by atoms with Crippen LogP contribution < -0.4 is 5.32 Å². The maximum atomic E-state index is 13.1. The van der Waals surface area contributed by atoms with E-state index in [-0.39, 0.29) is 17.5 Å². The van der Waals surface area contributed by atoms with Crippen molar-refractivity contribution in [3.05, 3.63) is 89.3 Å². The average molecular weight is 416 g/mol. The van der Waals surface area contributed by atoms with Gasteiger partial charge in [0.25, 0.3) is 11.8 Å². The number of hydrogen-bond acceptors (Lipinski definition) is 4. The first kappa shape index (κ1) is 20.6. The summed E-state index contributed by atoms with van der Waals surface area (Å²) in [6.07, 6.45) is 1.58. The van der Waals surface area contributed by atoms with E-state index in [1.807, 2.05) is 43.3 Å². The van der Waals surface area contributed by atoms with Crippen LogP contribution in [0.2, 0.25) is 0 Å². The van der Waals surface area contributed by atoms with E-state index in [1.165, 1.54) is 0 Å². The van der Waals surface area contributed by atoms with Crippen molar-refractivity contribution in [2.75, 3.05) is 26.3 Å². The summed E-state index contributed by atoms with van der Waals surface area (Å²) in [5.74, 6) is 0.569. The van der Waals surface area contributed by atoms with Gasteiger partial charge in [-0.3, -0.25) is 9.59 Å². The van der Waals surface area contributed by atoms with Crippen LogP contribution >= 0.6 is 0 Å². The largest absolute Gasteiger partial charge is 0.457 e. The summed E-state index contributed by atoms with van der Waals surface area (Å²) >= 11 is 0.